The molecule has 2 aromatic rings. The molecular formula is C23H26FN3O4S2. The number of hydrogen-bond acceptors (Lipinski definition) is 5. The number of piperidine rings is 1. The fourth-order valence-corrected chi connectivity index (χ4v) is 6.74. The van der Waals surface area contributed by atoms with Crippen molar-refractivity contribution in [2.45, 2.75) is 41.7 Å². The topological polar surface area (TPSA) is 86.8 Å². The predicted octanol–water partition coefficient (Wildman–Crippen LogP) is 3.71. The zero-order chi connectivity index (χ0) is 23.8. The molecule has 1 saturated heterocycles. The molecule has 0 aromatic heterocycles. The highest BCUT2D eigenvalue weighted by molar-refractivity contribution is 8.00. The number of nitrogens with one attached hydrogen (secondary N) is 1. The Kier molecular flexibility index (Phi) is 6.78. The third-order valence-electron chi connectivity index (χ3n) is 5.94. The summed E-state index contributed by atoms with van der Waals surface area (Å²) in [5, 5.41) is 2.99. The van der Waals surface area contributed by atoms with Gasteiger partial charge in [0.2, 0.25) is 21.8 Å². The number of fused-ring (bicyclic) bond motifs is 1. The lowest BCUT2D eigenvalue weighted by Crippen LogP contribution is -2.41. The van der Waals surface area contributed by atoms with Crippen LogP contribution in [0.5, 0.6) is 0 Å². The van der Waals surface area contributed by atoms with E-state index >= 15 is 0 Å². The molecule has 0 aliphatic carbocycles. The Labute approximate surface area is 197 Å². The molecule has 0 radical (unpaired) electrons. The highest BCUT2D eigenvalue weighted by atomic mass is 32.2. The number of sulfonamides is 1. The van der Waals surface area contributed by atoms with E-state index in [9.17, 15) is 22.4 Å². The average Bonchev–Trinajstić information content (AvgIpc) is 2.79. The summed E-state index contributed by atoms with van der Waals surface area (Å²) < 4.78 is 41.0. The van der Waals surface area contributed by atoms with Crippen LogP contribution in [0.3, 0.4) is 0 Å². The SMILES string of the molecule is CC(=O)N1C[C@@H](C)Sc2ccc(S(=O)(=O)N3CCC(C(=O)Nc4ccc(F)cc4)CC3)cc21. The molecule has 4 rings (SSSR count). The van der Waals surface area contributed by atoms with E-state index < -0.39 is 10.0 Å². The van der Waals surface area contributed by atoms with E-state index in [1.54, 1.807) is 34.9 Å². The van der Waals surface area contributed by atoms with Crippen LogP contribution in [0.15, 0.2) is 52.3 Å². The van der Waals surface area contributed by atoms with E-state index in [-0.39, 0.29) is 46.8 Å². The highest BCUT2D eigenvalue weighted by Gasteiger charge is 2.34. The van der Waals surface area contributed by atoms with Gasteiger partial charge >= 0.3 is 0 Å². The summed E-state index contributed by atoms with van der Waals surface area (Å²) in [6.45, 7) is 4.50. The maximum Gasteiger partial charge on any atom is 0.243 e. The Morgan fingerprint density at radius 2 is 1.76 bits per heavy atom. The van der Waals surface area contributed by atoms with Gasteiger partial charge in [0.1, 0.15) is 5.82 Å². The van der Waals surface area contributed by atoms with Crippen molar-refractivity contribution < 1.29 is 22.4 Å². The second-order valence-electron chi connectivity index (χ2n) is 8.36. The van der Waals surface area contributed by atoms with Crippen LogP contribution in [0, 0.1) is 11.7 Å². The van der Waals surface area contributed by atoms with Gasteiger partial charge in [-0.15, -0.1) is 11.8 Å². The van der Waals surface area contributed by atoms with Gasteiger partial charge in [0.05, 0.1) is 10.6 Å². The number of hydrogen-bond donors (Lipinski definition) is 1. The van der Waals surface area contributed by atoms with Crippen LogP contribution in [0.4, 0.5) is 15.8 Å². The van der Waals surface area contributed by atoms with Crippen LogP contribution in [0.2, 0.25) is 0 Å². The summed E-state index contributed by atoms with van der Waals surface area (Å²) in [4.78, 5) is 27.3. The molecule has 2 heterocycles. The van der Waals surface area contributed by atoms with Gasteiger partial charge < -0.3 is 10.2 Å². The molecule has 1 N–H and O–H groups in total. The first-order valence-corrected chi connectivity index (χ1v) is 13.1. The van der Waals surface area contributed by atoms with Crippen molar-refractivity contribution in [3.8, 4) is 0 Å². The number of carbonyl (C=O) groups is 2. The molecule has 10 heteroatoms. The van der Waals surface area contributed by atoms with Crippen LogP contribution in [0.25, 0.3) is 0 Å². The molecule has 2 aliphatic rings. The zero-order valence-corrected chi connectivity index (χ0v) is 20.1. The van der Waals surface area contributed by atoms with Gasteiger partial charge in [-0.25, -0.2) is 12.8 Å². The predicted molar refractivity (Wildman–Crippen MR) is 126 cm³/mol. The minimum absolute atomic E-state index is 0.120. The summed E-state index contributed by atoms with van der Waals surface area (Å²) in [6.07, 6.45) is 0.786. The normalized spacial score (nSPS) is 19.7. The molecule has 1 atom stereocenters. The fraction of sp³-hybridized carbons (Fsp3) is 0.391. The van der Waals surface area contributed by atoms with Gasteiger partial charge in [0.15, 0.2) is 0 Å². The van der Waals surface area contributed by atoms with Crippen LogP contribution >= 0.6 is 11.8 Å². The maximum absolute atomic E-state index is 13.3. The molecule has 2 aliphatic heterocycles. The van der Waals surface area contributed by atoms with Crippen molar-refractivity contribution in [3.63, 3.8) is 0 Å². The lowest BCUT2D eigenvalue weighted by molar-refractivity contribution is -0.121. The second-order valence-corrected chi connectivity index (χ2v) is 11.8. The first kappa shape index (κ1) is 23.7. The summed E-state index contributed by atoms with van der Waals surface area (Å²) in [5.41, 5.74) is 1.13. The Balaban J connectivity index is 1.45. The minimum Gasteiger partial charge on any atom is -0.326 e. The molecule has 0 unspecified atom stereocenters. The first-order valence-electron chi connectivity index (χ1n) is 10.8. The van der Waals surface area contributed by atoms with Gasteiger partial charge in [0, 0.05) is 48.3 Å². The maximum atomic E-state index is 13.3. The van der Waals surface area contributed by atoms with Gasteiger partial charge in [0.25, 0.3) is 0 Å². The molecule has 0 bridgehead atoms. The van der Waals surface area contributed by atoms with E-state index in [2.05, 4.69) is 5.32 Å². The Morgan fingerprint density at radius 3 is 2.39 bits per heavy atom. The Morgan fingerprint density at radius 1 is 1.09 bits per heavy atom. The third-order valence-corrected chi connectivity index (χ3v) is 8.99. The van der Waals surface area contributed by atoms with Gasteiger partial charge in [-0.3, -0.25) is 9.59 Å². The lowest BCUT2D eigenvalue weighted by Gasteiger charge is -2.33. The standard InChI is InChI=1S/C23H26FN3O4S2/c1-15-14-27(16(2)28)21-13-20(7-8-22(21)32-15)33(30,31)26-11-9-17(10-12-26)23(29)25-19-5-3-18(24)4-6-19/h3-8,13,15,17H,9-12,14H2,1-2H3,(H,25,29)/t15-/m1/s1. The number of benzene rings is 2. The van der Waals surface area contributed by atoms with Crippen LogP contribution in [-0.2, 0) is 19.6 Å². The van der Waals surface area contributed by atoms with Crippen LogP contribution in [-0.4, -0.2) is 49.4 Å². The number of nitrogens with zero attached hydrogens (tertiary/aromatic N) is 2. The van der Waals surface area contributed by atoms with Crippen molar-refractivity contribution in [2.24, 2.45) is 5.92 Å². The molecule has 7 nitrogen and oxygen atoms in total. The van der Waals surface area contributed by atoms with E-state index in [4.69, 9.17) is 0 Å². The van der Waals surface area contributed by atoms with Gasteiger partial charge in [-0.1, -0.05) is 6.92 Å². The quantitative estimate of drug-likeness (QED) is 0.705. The lowest BCUT2D eigenvalue weighted by atomic mass is 9.97. The molecule has 33 heavy (non-hydrogen) atoms. The zero-order valence-electron chi connectivity index (χ0n) is 18.5. The van der Waals surface area contributed by atoms with E-state index in [1.807, 2.05) is 6.92 Å². The van der Waals surface area contributed by atoms with Crippen molar-refractivity contribution in [2.75, 3.05) is 29.9 Å². The Bertz CT molecular complexity index is 1160. The van der Waals surface area contributed by atoms with Gasteiger partial charge in [-0.05, 0) is 55.3 Å². The molecule has 176 valence electrons. The van der Waals surface area contributed by atoms with E-state index in [0.717, 1.165) is 4.90 Å². The summed E-state index contributed by atoms with van der Waals surface area (Å²) in [6, 6.07) is 10.5. The number of anilines is 2. The molecule has 2 amide bonds. The Hall–Kier alpha value is -2.43. The number of thioether (sulfide) groups is 1. The smallest absolute Gasteiger partial charge is 0.243 e. The summed E-state index contributed by atoms with van der Waals surface area (Å²) in [7, 11) is -3.76. The van der Waals surface area contributed by atoms with Crippen molar-refractivity contribution in [1.29, 1.82) is 0 Å². The van der Waals surface area contributed by atoms with Crippen LogP contribution in [0.1, 0.15) is 26.7 Å². The molecular weight excluding hydrogens is 465 g/mol. The number of rotatable bonds is 4. The minimum atomic E-state index is -3.76. The molecule has 2 aromatic carbocycles. The molecule has 0 saturated carbocycles. The van der Waals surface area contributed by atoms with E-state index in [1.165, 1.54) is 35.5 Å². The highest BCUT2D eigenvalue weighted by Crippen LogP contribution is 2.40. The summed E-state index contributed by atoms with van der Waals surface area (Å²) >= 11 is 1.63. The third kappa shape index (κ3) is 5.07. The number of carbonyl (C=O) groups excluding carboxylic acids is 2. The fourth-order valence-electron chi connectivity index (χ4n) is 4.16. The molecule has 1 fully saturated rings. The number of amides is 2. The van der Waals surface area contributed by atoms with E-state index in [0.29, 0.717) is 30.8 Å². The van der Waals surface area contributed by atoms with Crippen molar-refractivity contribution >= 4 is 45.0 Å². The second kappa shape index (κ2) is 9.44. The van der Waals surface area contributed by atoms with Gasteiger partial charge in [-0.2, -0.15) is 4.31 Å². The monoisotopic (exact) mass is 491 g/mol. The summed E-state index contributed by atoms with van der Waals surface area (Å²) in [5.74, 6) is -1.02. The number of halogens is 1. The van der Waals surface area contributed by atoms with Crippen molar-refractivity contribution in [3.05, 3.63) is 48.3 Å². The average molecular weight is 492 g/mol. The first-order chi connectivity index (χ1) is 15.6. The largest absolute Gasteiger partial charge is 0.326 e. The molecule has 0 spiro atoms. The van der Waals surface area contributed by atoms with Crippen molar-refractivity contribution in [1.82, 2.24) is 4.31 Å². The van der Waals surface area contributed by atoms with Crippen LogP contribution < -0.4 is 10.2 Å².